The first-order valence-corrected chi connectivity index (χ1v) is 20.9. The second-order valence-electron chi connectivity index (χ2n) is 14.5. The Morgan fingerprint density at radius 2 is 0.942 bits per heavy atom. The van der Waals surface area contributed by atoms with Crippen LogP contribution >= 0.6 is 0 Å². The van der Waals surface area contributed by atoms with E-state index in [1.165, 1.54) is 49.0 Å². The molecule has 0 amide bonds. The number of para-hydroxylation sites is 1. The Labute approximate surface area is 302 Å². The fraction of sp³-hybridized carbons (Fsp3) is 0.0426. The molecule has 0 N–H and O–H groups in total. The van der Waals surface area contributed by atoms with Crippen LogP contribution in [-0.4, -0.2) is 27.6 Å². The summed E-state index contributed by atoms with van der Waals surface area (Å²) in [5.74, 6) is 1.90. The van der Waals surface area contributed by atoms with Crippen LogP contribution in [0, 0.1) is 0 Å². The van der Waals surface area contributed by atoms with Gasteiger partial charge in [-0.2, -0.15) is 9.97 Å². The first-order valence-electron chi connectivity index (χ1n) is 17.9. The van der Waals surface area contributed by atoms with E-state index in [1.807, 2.05) is 6.07 Å². The topological polar surface area (TPSA) is 43.6 Å². The SMILES string of the molecule is C[Si]1(C)c2ccc3cc2-c2cc4c(cc21)c1ccccc1n4-c1nc(-c2ccc(-c4ccccc4)cc2)nc(n1)-c1cccc(c1)-c1cccc-3c1. The molecule has 4 heterocycles. The molecule has 2 aromatic heterocycles. The zero-order valence-electron chi connectivity index (χ0n) is 28.8. The van der Waals surface area contributed by atoms with Crippen molar-refractivity contribution in [2.75, 3.05) is 0 Å². The minimum Gasteiger partial charge on any atom is -0.278 e. The van der Waals surface area contributed by atoms with Gasteiger partial charge in [0.05, 0.1) is 11.0 Å². The fourth-order valence-corrected chi connectivity index (χ4v) is 11.5. The number of hydrogen-bond donors (Lipinski definition) is 0. The van der Waals surface area contributed by atoms with Crippen molar-refractivity contribution >= 4 is 40.3 Å². The number of hydrogen-bond acceptors (Lipinski definition) is 3. The van der Waals surface area contributed by atoms with Gasteiger partial charge in [-0.1, -0.05) is 140 Å². The zero-order valence-corrected chi connectivity index (χ0v) is 29.8. The van der Waals surface area contributed by atoms with Gasteiger partial charge in [0.1, 0.15) is 8.07 Å². The summed E-state index contributed by atoms with van der Waals surface area (Å²) >= 11 is 0. The molecule has 0 atom stereocenters. The third-order valence-corrected chi connectivity index (χ3v) is 14.7. The van der Waals surface area contributed by atoms with Crippen molar-refractivity contribution in [1.82, 2.24) is 19.5 Å². The van der Waals surface area contributed by atoms with E-state index in [0.717, 1.165) is 38.9 Å². The minimum absolute atomic E-state index is 0.612. The lowest BCUT2D eigenvalue weighted by Crippen LogP contribution is -2.49. The van der Waals surface area contributed by atoms with Crippen LogP contribution in [0.3, 0.4) is 0 Å². The highest BCUT2D eigenvalue weighted by molar-refractivity contribution is 7.04. The van der Waals surface area contributed by atoms with E-state index in [4.69, 9.17) is 15.0 Å². The molecular formula is C47H32N4Si. The van der Waals surface area contributed by atoms with E-state index >= 15 is 0 Å². The van der Waals surface area contributed by atoms with Crippen LogP contribution in [0.5, 0.6) is 0 Å². The Bertz CT molecular complexity index is 2920. The van der Waals surface area contributed by atoms with Crippen molar-refractivity contribution in [1.29, 1.82) is 0 Å². The molecule has 0 unspecified atom stereocenters. The van der Waals surface area contributed by atoms with Crippen LogP contribution in [0.25, 0.3) is 95.0 Å². The third-order valence-electron chi connectivity index (χ3n) is 11.2. The molecule has 7 aromatic carbocycles. The van der Waals surface area contributed by atoms with Crippen molar-refractivity contribution in [3.63, 3.8) is 0 Å². The Kier molecular flexibility index (Phi) is 6.08. The molecule has 11 rings (SSSR count). The van der Waals surface area contributed by atoms with Gasteiger partial charge < -0.3 is 0 Å². The second-order valence-corrected chi connectivity index (χ2v) is 18.9. The molecule has 2 aliphatic rings. The van der Waals surface area contributed by atoms with Crippen molar-refractivity contribution < 1.29 is 0 Å². The quantitative estimate of drug-likeness (QED) is 0.171. The standard InChI is InChI=1S/C47H32N4Si/c1-52(2)43-23-22-35-26-39(43)40-27-42-38(28-44(40)52)37-16-6-7-17-41(37)51(42)47-49-45(31-20-18-30(19-21-31)29-10-4-3-5-11-29)48-46(50-47)36-15-9-14-34(25-36)32-12-8-13-33(35)24-32/h3-28H,1-2H3. The molecule has 0 saturated carbocycles. The Morgan fingerprint density at radius 1 is 0.385 bits per heavy atom. The number of fused-ring (bicyclic) bond motifs is 14. The van der Waals surface area contributed by atoms with Gasteiger partial charge in [0.15, 0.2) is 11.6 Å². The van der Waals surface area contributed by atoms with Gasteiger partial charge in [-0.25, -0.2) is 4.98 Å². The Hall–Kier alpha value is -6.43. The van der Waals surface area contributed by atoms with Crippen LogP contribution in [0.15, 0.2) is 158 Å². The van der Waals surface area contributed by atoms with Crippen LogP contribution in [-0.2, 0) is 0 Å². The summed E-state index contributed by atoms with van der Waals surface area (Å²) in [6.07, 6.45) is 0. The molecule has 4 nitrogen and oxygen atoms in total. The van der Waals surface area contributed by atoms with Crippen LogP contribution < -0.4 is 10.4 Å². The lowest BCUT2D eigenvalue weighted by atomic mass is 9.95. The third kappa shape index (κ3) is 4.30. The van der Waals surface area contributed by atoms with Gasteiger partial charge >= 0.3 is 0 Å². The van der Waals surface area contributed by atoms with Crippen LogP contribution in [0.4, 0.5) is 0 Å². The van der Waals surface area contributed by atoms with E-state index in [-0.39, 0.29) is 0 Å². The normalized spacial score (nSPS) is 13.3. The fourth-order valence-electron chi connectivity index (χ4n) is 8.49. The van der Waals surface area contributed by atoms with Gasteiger partial charge in [0.25, 0.3) is 0 Å². The molecule has 0 aliphatic carbocycles. The van der Waals surface area contributed by atoms with E-state index < -0.39 is 8.07 Å². The van der Waals surface area contributed by atoms with Crippen LogP contribution in [0.1, 0.15) is 0 Å². The minimum atomic E-state index is -1.97. The van der Waals surface area contributed by atoms with E-state index in [0.29, 0.717) is 17.6 Å². The maximum Gasteiger partial charge on any atom is 0.238 e. The summed E-state index contributed by atoms with van der Waals surface area (Å²) in [4.78, 5) is 15.7. The molecule has 52 heavy (non-hydrogen) atoms. The highest BCUT2D eigenvalue weighted by Crippen LogP contribution is 2.39. The molecule has 0 fully saturated rings. The average Bonchev–Trinajstić information content (AvgIpc) is 3.64. The highest BCUT2D eigenvalue weighted by Gasteiger charge is 2.38. The highest BCUT2D eigenvalue weighted by atomic mass is 28.3. The van der Waals surface area contributed by atoms with E-state index in [9.17, 15) is 0 Å². The predicted molar refractivity (Wildman–Crippen MR) is 217 cm³/mol. The van der Waals surface area contributed by atoms with Crippen molar-refractivity contribution in [3.8, 4) is 73.2 Å². The maximum atomic E-state index is 5.30. The molecule has 2 aliphatic heterocycles. The smallest absolute Gasteiger partial charge is 0.238 e. The zero-order chi connectivity index (χ0) is 34.6. The van der Waals surface area contributed by atoms with Crippen molar-refractivity contribution in [2.45, 2.75) is 13.1 Å². The number of rotatable bonds is 2. The lowest BCUT2D eigenvalue weighted by molar-refractivity contribution is 0.953. The van der Waals surface area contributed by atoms with Crippen LogP contribution in [0.2, 0.25) is 13.1 Å². The first-order chi connectivity index (χ1) is 25.5. The maximum absolute atomic E-state index is 5.30. The first kappa shape index (κ1) is 29.3. The number of aromatic nitrogens is 4. The van der Waals surface area contributed by atoms with Gasteiger partial charge in [0.2, 0.25) is 5.95 Å². The average molecular weight is 681 g/mol. The van der Waals surface area contributed by atoms with E-state index in [1.54, 1.807) is 0 Å². The molecule has 0 radical (unpaired) electrons. The molecule has 9 aromatic rings. The Morgan fingerprint density at radius 3 is 1.71 bits per heavy atom. The Balaban J connectivity index is 1.24. The second kappa shape index (κ2) is 10.8. The van der Waals surface area contributed by atoms with Gasteiger partial charge in [-0.3, -0.25) is 4.57 Å². The molecule has 0 saturated heterocycles. The summed E-state index contributed by atoms with van der Waals surface area (Å²) in [7, 11) is -1.97. The number of nitrogens with zero attached hydrogens (tertiary/aromatic N) is 4. The summed E-state index contributed by atoms with van der Waals surface area (Å²) < 4.78 is 2.26. The van der Waals surface area contributed by atoms with Crippen molar-refractivity contribution in [2.24, 2.45) is 0 Å². The van der Waals surface area contributed by atoms with Crippen molar-refractivity contribution in [3.05, 3.63) is 158 Å². The number of benzene rings is 7. The summed E-state index contributed by atoms with van der Waals surface area (Å²) in [5.41, 5.74) is 13.8. The van der Waals surface area contributed by atoms with E-state index in [2.05, 4.69) is 169 Å². The largest absolute Gasteiger partial charge is 0.278 e. The summed E-state index contributed by atoms with van der Waals surface area (Å²) in [6, 6.07) is 57.2. The van der Waals surface area contributed by atoms with Gasteiger partial charge in [-0.15, -0.1) is 0 Å². The molecule has 0 spiro atoms. The molecule has 244 valence electrons. The lowest BCUT2D eigenvalue weighted by Gasteiger charge is -2.19. The predicted octanol–water partition coefficient (Wildman–Crippen LogP) is 10.4. The summed E-state index contributed by atoms with van der Waals surface area (Å²) in [6.45, 7) is 4.98. The molecule has 10 bridgehead atoms. The summed E-state index contributed by atoms with van der Waals surface area (Å²) in [5, 5.41) is 5.40. The van der Waals surface area contributed by atoms with Gasteiger partial charge in [-0.05, 0) is 85.2 Å². The van der Waals surface area contributed by atoms with Gasteiger partial charge in [0, 0.05) is 21.9 Å². The monoisotopic (exact) mass is 680 g/mol. The molecule has 5 heteroatoms. The molecular weight excluding hydrogens is 649 g/mol.